The summed E-state index contributed by atoms with van der Waals surface area (Å²) < 4.78 is 1.70. The fourth-order valence-corrected chi connectivity index (χ4v) is 2.86. The number of rotatable bonds is 3. The van der Waals surface area contributed by atoms with Crippen molar-refractivity contribution in [2.75, 3.05) is 0 Å². The van der Waals surface area contributed by atoms with E-state index < -0.39 is 11.1 Å². The van der Waals surface area contributed by atoms with Crippen LogP contribution in [0.5, 0.6) is 0 Å². The van der Waals surface area contributed by atoms with E-state index in [1.54, 1.807) is 18.2 Å². The SMILES string of the molecule is O=C(Cn1[nH]c(=O)c2cc(Br)ccc2c1=O)NC1CC(O)C1. The molecule has 0 atom stereocenters. The quantitative estimate of drug-likeness (QED) is 0.714. The first-order chi connectivity index (χ1) is 10.4. The van der Waals surface area contributed by atoms with Crippen molar-refractivity contribution < 1.29 is 9.90 Å². The molecular formula is C14H14BrN3O4. The minimum absolute atomic E-state index is 0.0682. The predicted molar refractivity (Wildman–Crippen MR) is 83.7 cm³/mol. The number of amides is 1. The van der Waals surface area contributed by atoms with Crippen molar-refractivity contribution >= 4 is 32.6 Å². The van der Waals surface area contributed by atoms with Crippen molar-refractivity contribution in [3.63, 3.8) is 0 Å². The third-order valence-electron chi connectivity index (χ3n) is 3.72. The Balaban J connectivity index is 1.86. The first-order valence-electron chi connectivity index (χ1n) is 6.84. The van der Waals surface area contributed by atoms with E-state index in [1.165, 1.54) is 0 Å². The molecule has 1 aliphatic carbocycles. The highest BCUT2D eigenvalue weighted by molar-refractivity contribution is 9.10. The van der Waals surface area contributed by atoms with E-state index in [9.17, 15) is 19.5 Å². The van der Waals surface area contributed by atoms with Crippen LogP contribution in [0, 0.1) is 0 Å². The minimum Gasteiger partial charge on any atom is -0.393 e. The number of carbonyl (C=O) groups excluding carboxylic acids is 1. The van der Waals surface area contributed by atoms with Gasteiger partial charge in [0.15, 0.2) is 0 Å². The third kappa shape index (κ3) is 2.84. The molecule has 8 heteroatoms. The van der Waals surface area contributed by atoms with Gasteiger partial charge in [-0.2, -0.15) is 0 Å². The van der Waals surface area contributed by atoms with E-state index in [4.69, 9.17) is 0 Å². The van der Waals surface area contributed by atoms with Crippen molar-refractivity contribution in [3.05, 3.63) is 43.4 Å². The number of H-pyrrole nitrogens is 1. The van der Waals surface area contributed by atoms with Crippen molar-refractivity contribution in [2.45, 2.75) is 31.5 Å². The van der Waals surface area contributed by atoms with Gasteiger partial charge >= 0.3 is 0 Å². The lowest BCUT2D eigenvalue weighted by molar-refractivity contribution is -0.123. The maximum absolute atomic E-state index is 12.3. The summed E-state index contributed by atoms with van der Waals surface area (Å²) in [5.41, 5.74) is -0.853. The first-order valence-corrected chi connectivity index (χ1v) is 7.63. The number of halogens is 1. The predicted octanol–water partition coefficient (Wildman–Crippen LogP) is 0.0918. The summed E-state index contributed by atoms with van der Waals surface area (Å²) in [5.74, 6) is -0.369. The molecule has 0 spiro atoms. The largest absolute Gasteiger partial charge is 0.393 e. The lowest BCUT2D eigenvalue weighted by Crippen LogP contribution is -2.48. The molecule has 7 nitrogen and oxygen atoms in total. The summed E-state index contributed by atoms with van der Waals surface area (Å²) in [6, 6.07) is 4.72. The molecule has 0 bridgehead atoms. The van der Waals surface area contributed by atoms with Gasteiger partial charge in [-0.25, -0.2) is 4.68 Å². The third-order valence-corrected chi connectivity index (χ3v) is 4.21. The van der Waals surface area contributed by atoms with E-state index in [0.717, 1.165) is 4.68 Å². The maximum Gasteiger partial charge on any atom is 0.273 e. The number of nitrogens with one attached hydrogen (secondary N) is 2. The molecule has 2 aromatic rings. The molecule has 1 saturated carbocycles. The monoisotopic (exact) mass is 367 g/mol. The number of aliphatic hydroxyl groups is 1. The standard InChI is InChI=1S/C14H14BrN3O4/c15-7-1-2-10-11(3-7)13(21)17-18(14(10)22)6-12(20)16-8-4-9(19)5-8/h1-3,8-9,19H,4-6H2,(H,16,20)(H,17,21). The van der Waals surface area contributed by atoms with Gasteiger partial charge in [-0.05, 0) is 31.0 Å². The molecule has 0 radical (unpaired) electrons. The lowest BCUT2D eigenvalue weighted by atomic mass is 9.89. The van der Waals surface area contributed by atoms with Gasteiger partial charge in [-0.15, -0.1) is 0 Å². The highest BCUT2D eigenvalue weighted by Crippen LogP contribution is 2.19. The molecule has 3 N–H and O–H groups in total. The van der Waals surface area contributed by atoms with Crippen molar-refractivity contribution in [1.82, 2.24) is 15.1 Å². The van der Waals surface area contributed by atoms with Gasteiger partial charge in [0.2, 0.25) is 5.91 Å². The summed E-state index contributed by atoms with van der Waals surface area (Å²) in [7, 11) is 0. The Kier molecular flexibility index (Phi) is 3.88. The van der Waals surface area contributed by atoms with Gasteiger partial charge in [0.1, 0.15) is 6.54 Å². The van der Waals surface area contributed by atoms with Crippen LogP contribution in [0.2, 0.25) is 0 Å². The van der Waals surface area contributed by atoms with Gasteiger partial charge < -0.3 is 10.4 Å². The number of aromatic nitrogens is 2. The van der Waals surface area contributed by atoms with Crippen LogP contribution in [0.25, 0.3) is 10.8 Å². The molecule has 3 rings (SSSR count). The van der Waals surface area contributed by atoms with Crippen LogP contribution in [0.4, 0.5) is 0 Å². The van der Waals surface area contributed by atoms with Crippen molar-refractivity contribution in [1.29, 1.82) is 0 Å². The molecule has 22 heavy (non-hydrogen) atoms. The van der Waals surface area contributed by atoms with Crippen LogP contribution in [0.3, 0.4) is 0 Å². The molecule has 1 aromatic carbocycles. The Bertz CT molecular complexity index is 851. The normalized spacial score (nSPS) is 20.6. The number of hydrogen-bond acceptors (Lipinski definition) is 4. The molecule has 1 heterocycles. The Hall–Kier alpha value is -1.93. The molecular weight excluding hydrogens is 354 g/mol. The zero-order valence-corrected chi connectivity index (χ0v) is 13.1. The second-order valence-corrected chi connectivity index (χ2v) is 6.33. The van der Waals surface area contributed by atoms with E-state index in [0.29, 0.717) is 17.3 Å². The number of hydrogen-bond donors (Lipinski definition) is 3. The molecule has 1 fully saturated rings. The molecule has 1 aromatic heterocycles. The molecule has 1 amide bonds. The zero-order chi connectivity index (χ0) is 15.9. The Labute approximate surface area is 133 Å². The van der Waals surface area contributed by atoms with Gasteiger partial charge in [0.25, 0.3) is 11.1 Å². The first kappa shape index (κ1) is 15.0. The Morgan fingerprint density at radius 1 is 1.36 bits per heavy atom. The van der Waals surface area contributed by atoms with Crippen LogP contribution in [-0.2, 0) is 11.3 Å². The zero-order valence-electron chi connectivity index (χ0n) is 11.5. The summed E-state index contributed by atoms with van der Waals surface area (Å²) >= 11 is 3.25. The minimum atomic E-state index is -0.428. The average Bonchev–Trinajstić information content (AvgIpc) is 2.43. The van der Waals surface area contributed by atoms with Crippen LogP contribution < -0.4 is 16.4 Å². The van der Waals surface area contributed by atoms with Crippen LogP contribution in [0.1, 0.15) is 12.8 Å². The molecule has 1 aliphatic rings. The molecule has 0 saturated heterocycles. The van der Waals surface area contributed by atoms with Gasteiger partial charge in [-0.3, -0.25) is 19.5 Å². The Morgan fingerprint density at radius 3 is 2.77 bits per heavy atom. The number of benzene rings is 1. The second kappa shape index (κ2) is 5.69. The number of fused-ring (bicyclic) bond motifs is 1. The van der Waals surface area contributed by atoms with Crippen LogP contribution >= 0.6 is 15.9 Å². The highest BCUT2D eigenvalue weighted by Gasteiger charge is 2.28. The smallest absolute Gasteiger partial charge is 0.273 e. The average molecular weight is 368 g/mol. The second-order valence-electron chi connectivity index (χ2n) is 5.41. The van der Waals surface area contributed by atoms with E-state index in [1.807, 2.05) is 0 Å². The fraction of sp³-hybridized carbons (Fsp3) is 0.357. The lowest BCUT2D eigenvalue weighted by Gasteiger charge is -2.31. The van der Waals surface area contributed by atoms with Gasteiger partial charge in [0.05, 0.1) is 16.9 Å². The van der Waals surface area contributed by atoms with Gasteiger partial charge in [-0.1, -0.05) is 15.9 Å². The molecule has 0 aliphatic heterocycles. The topological polar surface area (TPSA) is 104 Å². The number of aliphatic hydroxyl groups excluding tert-OH is 1. The fourth-order valence-electron chi connectivity index (χ4n) is 2.50. The number of aromatic amines is 1. The summed E-state index contributed by atoms with van der Waals surface area (Å²) in [5, 5.41) is 14.8. The number of nitrogens with zero attached hydrogens (tertiary/aromatic N) is 1. The van der Waals surface area contributed by atoms with E-state index in [-0.39, 0.29) is 35.4 Å². The summed E-state index contributed by atoms with van der Waals surface area (Å²) in [4.78, 5) is 36.2. The number of carbonyl (C=O) groups is 1. The van der Waals surface area contributed by atoms with Crippen LogP contribution in [-0.4, -0.2) is 32.9 Å². The van der Waals surface area contributed by atoms with E-state index in [2.05, 4.69) is 26.3 Å². The molecule has 0 unspecified atom stereocenters. The van der Waals surface area contributed by atoms with Crippen molar-refractivity contribution in [3.8, 4) is 0 Å². The van der Waals surface area contributed by atoms with Gasteiger partial charge in [0, 0.05) is 10.5 Å². The summed E-state index contributed by atoms with van der Waals surface area (Å²) in [6.07, 6.45) is 0.665. The highest BCUT2D eigenvalue weighted by atomic mass is 79.9. The van der Waals surface area contributed by atoms with E-state index >= 15 is 0 Å². The molecule has 116 valence electrons. The van der Waals surface area contributed by atoms with Crippen LogP contribution in [0.15, 0.2) is 32.3 Å². The van der Waals surface area contributed by atoms with Crippen molar-refractivity contribution in [2.24, 2.45) is 0 Å². The Morgan fingerprint density at radius 2 is 2.09 bits per heavy atom. The maximum atomic E-state index is 12.3. The summed E-state index contributed by atoms with van der Waals surface area (Å²) in [6.45, 7) is -0.257.